The van der Waals surface area contributed by atoms with Gasteiger partial charge in [0.25, 0.3) is 0 Å². The average molecular weight is 178 g/mol. The van der Waals surface area contributed by atoms with Gasteiger partial charge in [-0.05, 0) is 45.2 Å². The van der Waals surface area contributed by atoms with Gasteiger partial charge in [0.1, 0.15) is 5.54 Å². The summed E-state index contributed by atoms with van der Waals surface area (Å²) in [6.45, 7) is 2.32. The van der Waals surface area contributed by atoms with Crippen LogP contribution in [0.15, 0.2) is 0 Å². The third kappa shape index (κ3) is 1.58. The molecule has 1 heterocycles. The van der Waals surface area contributed by atoms with Crippen LogP contribution in [0, 0.1) is 11.3 Å². The van der Waals surface area contributed by atoms with Gasteiger partial charge in [0.15, 0.2) is 0 Å². The molecule has 1 aliphatic carbocycles. The van der Waals surface area contributed by atoms with Crippen molar-refractivity contribution < 1.29 is 0 Å². The molecule has 0 amide bonds. The number of likely N-dealkylation sites (tertiary alicyclic amines) is 1. The van der Waals surface area contributed by atoms with Gasteiger partial charge in [-0.15, -0.1) is 0 Å². The lowest BCUT2D eigenvalue weighted by Crippen LogP contribution is -2.52. The molecule has 0 aromatic heterocycles. The van der Waals surface area contributed by atoms with Gasteiger partial charge in [0.2, 0.25) is 0 Å². The lowest BCUT2D eigenvalue weighted by atomic mass is 9.76. The normalized spacial score (nSPS) is 28.5. The molecule has 2 aliphatic rings. The van der Waals surface area contributed by atoms with Gasteiger partial charge >= 0.3 is 0 Å². The summed E-state index contributed by atoms with van der Waals surface area (Å²) in [5, 5.41) is 9.19. The van der Waals surface area contributed by atoms with Gasteiger partial charge in [-0.25, -0.2) is 0 Å². The SMILES string of the molecule is N#CC1(N2CCCCCC2)CCC1. The summed E-state index contributed by atoms with van der Waals surface area (Å²) in [6.07, 6.45) is 8.79. The topological polar surface area (TPSA) is 27.0 Å². The standard InChI is InChI=1S/C11H18N2/c12-10-11(6-5-7-11)13-8-3-1-2-4-9-13/h1-9H2. The second-order valence-corrected chi connectivity index (χ2v) is 4.40. The highest BCUT2D eigenvalue weighted by Crippen LogP contribution is 2.38. The van der Waals surface area contributed by atoms with Gasteiger partial charge in [-0.1, -0.05) is 12.8 Å². The molecule has 1 aliphatic heterocycles. The molecule has 0 unspecified atom stereocenters. The van der Waals surface area contributed by atoms with Crippen molar-refractivity contribution in [3.63, 3.8) is 0 Å². The Bertz CT molecular complexity index is 205. The molecule has 2 nitrogen and oxygen atoms in total. The monoisotopic (exact) mass is 178 g/mol. The predicted molar refractivity (Wildman–Crippen MR) is 52.2 cm³/mol. The van der Waals surface area contributed by atoms with E-state index in [2.05, 4.69) is 11.0 Å². The fourth-order valence-corrected chi connectivity index (χ4v) is 2.51. The number of nitriles is 1. The Morgan fingerprint density at radius 1 is 0.923 bits per heavy atom. The van der Waals surface area contributed by atoms with Crippen LogP contribution in [0.2, 0.25) is 0 Å². The van der Waals surface area contributed by atoms with Crippen LogP contribution in [-0.4, -0.2) is 23.5 Å². The van der Waals surface area contributed by atoms with Crippen molar-refractivity contribution in [1.82, 2.24) is 4.90 Å². The first kappa shape index (κ1) is 9.02. The van der Waals surface area contributed by atoms with Crippen molar-refractivity contribution >= 4 is 0 Å². The maximum absolute atomic E-state index is 9.19. The van der Waals surface area contributed by atoms with E-state index in [0.29, 0.717) is 0 Å². The average Bonchev–Trinajstić information content (AvgIpc) is 2.32. The Balaban J connectivity index is 2.01. The number of hydrogen-bond donors (Lipinski definition) is 0. The van der Waals surface area contributed by atoms with E-state index in [1.807, 2.05) is 0 Å². The Morgan fingerprint density at radius 3 is 1.92 bits per heavy atom. The van der Waals surface area contributed by atoms with Crippen LogP contribution < -0.4 is 0 Å². The van der Waals surface area contributed by atoms with Crippen molar-refractivity contribution in [3.8, 4) is 6.07 Å². The fourth-order valence-electron chi connectivity index (χ4n) is 2.51. The highest BCUT2D eigenvalue weighted by molar-refractivity contribution is 5.13. The number of hydrogen-bond acceptors (Lipinski definition) is 2. The van der Waals surface area contributed by atoms with E-state index < -0.39 is 0 Å². The lowest BCUT2D eigenvalue weighted by Gasteiger charge is -2.44. The maximum Gasteiger partial charge on any atom is 0.109 e. The molecular formula is C11H18N2. The maximum atomic E-state index is 9.19. The third-order valence-corrected chi connectivity index (χ3v) is 3.60. The summed E-state index contributed by atoms with van der Waals surface area (Å²) in [6, 6.07) is 2.54. The summed E-state index contributed by atoms with van der Waals surface area (Å²) >= 11 is 0. The molecule has 0 aromatic rings. The van der Waals surface area contributed by atoms with E-state index in [9.17, 15) is 5.26 Å². The molecule has 2 rings (SSSR count). The van der Waals surface area contributed by atoms with Crippen LogP contribution in [0.1, 0.15) is 44.9 Å². The largest absolute Gasteiger partial charge is 0.286 e. The van der Waals surface area contributed by atoms with E-state index in [1.165, 1.54) is 32.1 Å². The minimum Gasteiger partial charge on any atom is -0.286 e. The number of rotatable bonds is 1. The van der Waals surface area contributed by atoms with Crippen molar-refractivity contribution in [2.45, 2.75) is 50.5 Å². The zero-order valence-electron chi connectivity index (χ0n) is 8.26. The van der Waals surface area contributed by atoms with Crippen molar-refractivity contribution in [1.29, 1.82) is 5.26 Å². The van der Waals surface area contributed by atoms with Gasteiger partial charge in [-0.3, -0.25) is 4.90 Å². The second-order valence-electron chi connectivity index (χ2n) is 4.40. The molecule has 13 heavy (non-hydrogen) atoms. The van der Waals surface area contributed by atoms with Gasteiger partial charge < -0.3 is 0 Å². The molecule has 1 saturated heterocycles. The third-order valence-electron chi connectivity index (χ3n) is 3.60. The lowest BCUT2D eigenvalue weighted by molar-refractivity contribution is 0.0687. The van der Waals surface area contributed by atoms with E-state index >= 15 is 0 Å². The number of nitrogens with zero attached hydrogens (tertiary/aromatic N) is 2. The second kappa shape index (κ2) is 3.67. The summed E-state index contributed by atoms with van der Waals surface area (Å²) in [5.41, 5.74) is -0.0374. The Labute approximate surface area is 80.5 Å². The molecule has 1 saturated carbocycles. The summed E-state index contributed by atoms with van der Waals surface area (Å²) in [4.78, 5) is 2.45. The van der Waals surface area contributed by atoms with Crippen LogP contribution in [0.3, 0.4) is 0 Å². The molecule has 2 heteroatoms. The van der Waals surface area contributed by atoms with Crippen LogP contribution in [0.5, 0.6) is 0 Å². The predicted octanol–water partition coefficient (Wildman–Crippen LogP) is 2.31. The zero-order valence-corrected chi connectivity index (χ0v) is 8.26. The van der Waals surface area contributed by atoms with Gasteiger partial charge in [-0.2, -0.15) is 5.26 Å². The van der Waals surface area contributed by atoms with Crippen LogP contribution in [0.4, 0.5) is 0 Å². The summed E-state index contributed by atoms with van der Waals surface area (Å²) < 4.78 is 0. The molecule has 0 bridgehead atoms. The smallest absolute Gasteiger partial charge is 0.109 e. The molecule has 0 atom stereocenters. The van der Waals surface area contributed by atoms with Crippen LogP contribution in [0.25, 0.3) is 0 Å². The van der Waals surface area contributed by atoms with E-state index in [-0.39, 0.29) is 5.54 Å². The Kier molecular flexibility index (Phi) is 2.55. The molecule has 0 spiro atoms. The van der Waals surface area contributed by atoms with Crippen LogP contribution >= 0.6 is 0 Å². The summed E-state index contributed by atoms with van der Waals surface area (Å²) in [7, 11) is 0. The highest BCUT2D eigenvalue weighted by Gasteiger charge is 2.42. The molecule has 0 N–H and O–H groups in total. The minimum atomic E-state index is -0.0374. The van der Waals surface area contributed by atoms with Crippen molar-refractivity contribution in [3.05, 3.63) is 0 Å². The van der Waals surface area contributed by atoms with Crippen molar-refractivity contribution in [2.75, 3.05) is 13.1 Å². The first-order valence-corrected chi connectivity index (χ1v) is 5.54. The fraction of sp³-hybridized carbons (Fsp3) is 0.909. The summed E-state index contributed by atoms with van der Waals surface area (Å²) in [5.74, 6) is 0. The molecular weight excluding hydrogens is 160 g/mol. The molecule has 0 aromatic carbocycles. The Morgan fingerprint density at radius 2 is 1.54 bits per heavy atom. The van der Waals surface area contributed by atoms with Gasteiger partial charge in [0, 0.05) is 0 Å². The van der Waals surface area contributed by atoms with Gasteiger partial charge in [0.05, 0.1) is 6.07 Å². The Hall–Kier alpha value is -0.550. The van der Waals surface area contributed by atoms with Crippen LogP contribution in [-0.2, 0) is 0 Å². The minimum absolute atomic E-state index is 0.0374. The van der Waals surface area contributed by atoms with E-state index in [1.54, 1.807) is 0 Å². The quantitative estimate of drug-likeness (QED) is 0.616. The first-order valence-electron chi connectivity index (χ1n) is 5.54. The molecule has 72 valence electrons. The zero-order chi connectivity index (χ0) is 9.15. The molecule has 2 fully saturated rings. The van der Waals surface area contributed by atoms with E-state index in [0.717, 1.165) is 25.9 Å². The highest BCUT2D eigenvalue weighted by atomic mass is 15.2. The van der Waals surface area contributed by atoms with Crippen molar-refractivity contribution in [2.24, 2.45) is 0 Å². The molecule has 0 radical (unpaired) electrons. The van der Waals surface area contributed by atoms with E-state index in [4.69, 9.17) is 0 Å². The first-order chi connectivity index (χ1) is 6.37.